The van der Waals surface area contributed by atoms with Gasteiger partial charge < -0.3 is 9.84 Å². The number of benzene rings is 2. The van der Waals surface area contributed by atoms with Crippen molar-refractivity contribution in [3.63, 3.8) is 0 Å². The Morgan fingerprint density at radius 2 is 1.57 bits per heavy atom. The molecule has 2 aromatic rings. The van der Waals surface area contributed by atoms with E-state index >= 15 is 0 Å². The molecule has 0 fully saturated rings. The standard InChI is InChI=1S/C8H10O2.C7H8O3S/c9-6-7-10-8-4-2-1-3-5-8;1-6-2-4-7(5-3-6)11(8,9)10/h1-5,9H,6-7H2;2-5H,1H3,(H,8,9,10). The first kappa shape index (κ1) is 17.2. The average molecular weight is 310 g/mol. The lowest BCUT2D eigenvalue weighted by molar-refractivity contribution is 0.201. The second-order valence-corrected chi connectivity index (χ2v) is 5.59. The zero-order chi connectivity index (χ0) is 15.7. The highest BCUT2D eigenvalue weighted by Crippen LogP contribution is 2.08. The van der Waals surface area contributed by atoms with Crippen LogP contribution in [0.1, 0.15) is 5.56 Å². The molecule has 0 spiro atoms. The van der Waals surface area contributed by atoms with Crippen molar-refractivity contribution >= 4 is 10.1 Å². The van der Waals surface area contributed by atoms with Crippen LogP contribution in [-0.2, 0) is 10.1 Å². The number of hydrogen-bond acceptors (Lipinski definition) is 4. The summed E-state index contributed by atoms with van der Waals surface area (Å²) in [5, 5.41) is 8.40. The molecule has 0 radical (unpaired) electrons. The monoisotopic (exact) mass is 310 g/mol. The van der Waals surface area contributed by atoms with Gasteiger partial charge in [0.25, 0.3) is 10.1 Å². The minimum Gasteiger partial charge on any atom is -0.491 e. The summed E-state index contributed by atoms with van der Waals surface area (Å²) in [5.41, 5.74) is 0.956. The van der Waals surface area contributed by atoms with Crippen LogP contribution in [-0.4, -0.2) is 31.3 Å². The Hall–Kier alpha value is -1.89. The van der Waals surface area contributed by atoms with Gasteiger partial charge in [0.05, 0.1) is 11.5 Å². The van der Waals surface area contributed by atoms with Crippen molar-refractivity contribution in [1.29, 1.82) is 0 Å². The van der Waals surface area contributed by atoms with Gasteiger partial charge in [-0.25, -0.2) is 0 Å². The van der Waals surface area contributed by atoms with Gasteiger partial charge in [0.1, 0.15) is 12.4 Å². The van der Waals surface area contributed by atoms with Crippen molar-refractivity contribution in [3.8, 4) is 5.75 Å². The van der Waals surface area contributed by atoms with Gasteiger partial charge in [0.15, 0.2) is 0 Å². The molecule has 114 valence electrons. The van der Waals surface area contributed by atoms with E-state index in [2.05, 4.69) is 0 Å². The molecule has 0 heterocycles. The van der Waals surface area contributed by atoms with Gasteiger partial charge in [0.2, 0.25) is 0 Å². The molecule has 0 aliphatic heterocycles. The quantitative estimate of drug-likeness (QED) is 0.847. The van der Waals surface area contributed by atoms with Gasteiger partial charge in [-0.15, -0.1) is 0 Å². The van der Waals surface area contributed by atoms with E-state index in [1.54, 1.807) is 12.1 Å². The minimum atomic E-state index is -4.02. The van der Waals surface area contributed by atoms with E-state index in [4.69, 9.17) is 14.4 Å². The summed E-state index contributed by atoms with van der Waals surface area (Å²) < 4.78 is 34.7. The summed E-state index contributed by atoms with van der Waals surface area (Å²) >= 11 is 0. The van der Waals surface area contributed by atoms with Crippen LogP contribution < -0.4 is 4.74 Å². The predicted molar refractivity (Wildman–Crippen MR) is 80.0 cm³/mol. The van der Waals surface area contributed by atoms with Crippen LogP contribution in [0.5, 0.6) is 5.75 Å². The highest BCUT2D eigenvalue weighted by atomic mass is 32.2. The fourth-order valence-corrected chi connectivity index (χ4v) is 1.87. The van der Waals surface area contributed by atoms with Crippen LogP contribution in [0, 0.1) is 6.92 Å². The number of aliphatic hydroxyl groups excluding tert-OH is 1. The van der Waals surface area contributed by atoms with Crippen LogP contribution in [0.3, 0.4) is 0 Å². The molecule has 21 heavy (non-hydrogen) atoms. The molecule has 2 aromatic carbocycles. The summed E-state index contributed by atoms with van der Waals surface area (Å²) in [5.74, 6) is 0.802. The molecule has 0 bridgehead atoms. The van der Waals surface area contributed by atoms with E-state index in [1.165, 1.54) is 12.1 Å². The van der Waals surface area contributed by atoms with Gasteiger partial charge in [-0.1, -0.05) is 35.9 Å². The van der Waals surface area contributed by atoms with Gasteiger partial charge in [-0.2, -0.15) is 8.42 Å². The predicted octanol–water partition coefficient (Wildman–Crippen LogP) is 2.30. The fraction of sp³-hybridized carbons (Fsp3) is 0.200. The van der Waals surface area contributed by atoms with Crippen molar-refractivity contribution in [1.82, 2.24) is 0 Å². The summed E-state index contributed by atoms with van der Waals surface area (Å²) in [7, 11) is -4.02. The minimum absolute atomic E-state index is 0.0644. The normalized spacial score (nSPS) is 10.4. The number of para-hydroxylation sites is 1. The molecule has 0 aromatic heterocycles. The maximum absolute atomic E-state index is 10.5. The summed E-state index contributed by atoms with van der Waals surface area (Å²) in [6, 6.07) is 15.4. The van der Waals surface area contributed by atoms with E-state index in [9.17, 15) is 8.42 Å². The largest absolute Gasteiger partial charge is 0.491 e. The Balaban J connectivity index is 0.000000211. The molecule has 0 aliphatic carbocycles. The van der Waals surface area contributed by atoms with E-state index in [0.29, 0.717) is 6.61 Å². The molecular weight excluding hydrogens is 292 g/mol. The van der Waals surface area contributed by atoms with Crippen LogP contribution >= 0.6 is 0 Å². The lowest BCUT2D eigenvalue weighted by Gasteiger charge is -2.01. The van der Waals surface area contributed by atoms with Crippen molar-refractivity contribution in [2.45, 2.75) is 11.8 Å². The molecule has 0 saturated heterocycles. The Morgan fingerprint density at radius 3 is 2.05 bits per heavy atom. The fourth-order valence-electron chi connectivity index (χ4n) is 1.39. The van der Waals surface area contributed by atoms with Crippen molar-refractivity contribution in [3.05, 3.63) is 60.2 Å². The number of hydrogen-bond donors (Lipinski definition) is 2. The highest BCUT2D eigenvalue weighted by molar-refractivity contribution is 7.85. The van der Waals surface area contributed by atoms with Crippen LogP contribution in [0.25, 0.3) is 0 Å². The molecule has 2 N–H and O–H groups in total. The lowest BCUT2D eigenvalue weighted by atomic mass is 10.2. The van der Waals surface area contributed by atoms with Gasteiger partial charge >= 0.3 is 0 Å². The zero-order valence-electron chi connectivity index (χ0n) is 11.6. The van der Waals surface area contributed by atoms with Gasteiger partial charge in [0, 0.05) is 0 Å². The molecule has 6 heteroatoms. The second-order valence-electron chi connectivity index (χ2n) is 4.17. The Kier molecular flexibility index (Phi) is 6.87. The summed E-state index contributed by atoms with van der Waals surface area (Å²) in [4.78, 5) is -0.0666. The maximum atomic E-state index is 10.5. The molecule has 5 nitrogen and oxygen atoms in total. The van der Waals surface area contributed by atoms with E-state index in [1.807, 2.05) is 37.3 Å². The Morgan fingerprint density at radius 1 is 1.00 bits per heavy atom. The Bertz CT molecular complexity index is 621. The molecule has 0 amide bonds. The number of rotatable bonds is 4. The zero-order valence-corrected chi connectivity index (χ0v) is 12.5. The van der Waals surface area contributed by atoms with Crippen molar-refractivity contribution < 1.29 is 22.8 Å². The Labute approximate surface area is 124 Å². The summed E-state index contributed by atoms with van der Waals surface area (Å²) in [6.45, 7) is 2.27. The average Bonchev–Trinajstić information content (AvgIpc) is 2.46. The van der Waals surface area contributed by atoms with E-state index < -0.39 is 10.1 Å². The molecular formula is C15H18O5S. The van der Waals surface area contributed by atoms with E-state index in [0.717, 1.165) is 11.3 Å². The van der Waals surface area contributed by atoms with Gasteiger partial charge in [-0.05, 0) is 31.2 Å². The number of aliphatic hydroxyl groups is 1. The van der Waals surface area contributed by atoms with Crippen LogP contribution in [0.15, 0.2) is 59.5 Å². The highest BCUT2D eigenvalue weighted by Gasteiger charge is 2.06. The first-order valence-corrected chi connectivity index (χ1v) is 7.70. The molecule has 0 aliphatic rings. The SMILES string of the molecule is Cc1ccc(S(=O)(=O)O)cc1.OCCOc1ccccc1. The van der Waals surface area contributed by atoms with Crippen molar-refractivity contribution in [2.75, 3.05) is 13.2 Å². The maximum Gasteiger partial charge on any atom is 0.294 e. The van der Waals surface area contributed by atoms with Gasteiger partial charge in [-0.3, -0.25) is 4.55 Å². The first-order chi connectivity index (χ1) is 9.93. The third-order valence-electron chi connectivity index (χ3n) is 2.42. The molecule has 0 unspecified atom stereocenters. The molecule has 0 atom stereocenters. The first-order valence-electron chi connectivity index (χ1n) is 6.26. The topological polar surface area (TPSA) is 83.8 Å². The third-order valence-corrected chi connectivity index (χ3v) is 3.29. The molecule has 0 saturated carbocycles. The number of aryl methyl sites for hydroxylation is 1. The van der Waals surface area contributed by atoms with E-state index in [-0.39, 0.29) is 11.5 Å². The lowest BCUT2D eigenvalue weighted by Crippen LogP contribution is -2.00. The molecule has 2 rings (SSSR count). The summed E-state index contributed by atoms with van der Waals surface area (Å²) in [6.07, 6.45) is 0. The second kappa shape index (κ2) is 8.41. The van der Waals surface area contributed by atoms with Crippen LogP contribution in [0.2, 0.25) is 0 Å². The number of ether oxygens (including phenoxy) is 1. The van der Waals surface area contributed by atoms with Crippen molar-refractivity contribution in [2.24, 2.45) is 0 Å². The van der Waals surface area contributed by atoms with Crippen LogP contribution in [0.4, 0.5) is 0 Å². The third kappa shape index (κ3) is 6.89. The smallest absolute Gasteiger partial charge is 0.294 e.